The van der Waals surface area contributed by atoms with E-state index in [1.54, 1.807) is 32.4 Å². The third kappa shape index (κ3) is 5.99. The first-order chi connectivity index (χ1) is 12.2. The molecule has 0 aliphatic heterocycles. The van der Waals surface area contributed by atoms with E-state index in [4.69, 9.17) is 14.2 Å². The Hall–Kier alpha value is -1.63. The van der Waals surface area contributed by atoms with Crippen molar-refractivity contribution in [2.24, 2.45) is 0 Å². The van der Waals surface area contributed by atoms with Gasteiger partial charge in [-0.25, -0.2) is 4.39 Å². The quantitative estimate of drug-likeness (QED) is 0.591. The normalized spacial score (nSPS) is 10.7. The minimum absolute atomic E-state index is 0.135. The van der Waals surface area contributed by atoms with Crippen LogP contribution < -0.4 is 14.8 Å². The molecule has 0 atom stereocenters. The van der Waals surface area contributed by atoms with Crippen molar-refractivity contribution in [2.75, 3.05) is 27.4 Å². The van der Waals surface area contributed by atoms with E-state index in [9.17, 15) is 4.39 Å². The van der Waals surface area contributed by atoms with E-state index >= 15 is 0 Å². The fourth-order valence-electron chi connectivity index (χ4n) is 2.35. The predicted octanol–water partition coefficient (Wildman–Crippen LogP) is 4.30. The van der Waals surface area contributed by atoms with Crippen molar-refractivity contribution in [1.82, 2.24) is 5.32 Å². The molecule has 0 radical (unpaired) electrons. The highest BCUT2D eigenvalue weighted by molar-refractivity contribution is 9.10. The molecular formula is C19H23BrFNO3. The van der Waals surface area contributed by atoms with Crippen LogP contribution in [-0.4, -0.2) is 27.4 Å². The SMILES string of the molecule is COCCCNCc1cc(Br)c(OCc2ccccc2F)c(OC)c1. The minimum atomic E-state index is -0.283. The third-order valence-corrected chi connectivity index (χ3v) is 4.24. The number of methoxy groups -OCH3 is 2. The van der Waals surface area contributed by atoms with E-state index < -0.39 is 0 Å². The zero-order valence-corrected chi connectivity index (χ0v) is 16.1. The van der Waals surface area contributed by atoms with E-state index in [0.29, 0.717) is 23.6 Å². The minimum Gasteiger partial charge on any atom is -0.493 e. The fraction of sp³-hybridized carbons (Fsp3) is 0.368. The molecule has 0 amide bonds. The zero-order chi connectivity index (χ0) is 18.1. The second-order valence-electron chi connectivity index (χ2n) is 5.51. The van der Waals surface area contributed by atoms with Crippen LogP contribution in [0.2, 0.25) is 0 Å². The van der Waals surface area contributed by atoms with E-state index in [2.05, 4.69) is 21.2 Å². The summed E-state index contributed by atoms with van der Waals surface area (Å²) in [6.45, 7) is 2.46. The standard InChI is InChI=1S/C19H23BrFNO3/c1-23-9-5-8-22-12-14-10-16(20)19(18(11-14)24-2)25-13-15-6-3-4-7-17(15)21/h3-4,6-7,10-11,22H,5,8-9,12-13H2,1-2H3. The van der Waals surface area contributed by atoms with Crippen molar-refractivity contribution < 1.29 is 18.6 Å². The van der Waals surface area contributed by atoms with E-state index in [-0.39, 0.29) is 12.4 Å². The van der Waals surface area contributed by atoms with Gasteiger partial charge in [-0.05, 0) is 52.7 Å². The maximum absolute atomic E-state index is 13.7. The zero-order valence-electron chi connectivity index (χ0n) is 14.5. The Morgan fingerprint density at radius 2 is 1.96 bits per heavy atom. The topological polar surface area (TPSA) is 39.7 Å². The number of nitrogens with one attached hydrogen (secondary N) is 1. The first-order valence-corrected chi connectivity index (χ1v) is 8.87. The first kappa shape index (κ1) is 19.7. The lowest BCUT2D eigenvalue weighted by Crippen LogP contribution is -2.16. The van der Waals surface area contributed by atoms with Crippen LogP contribution in [0.5, 0.6) is 11.5 Å². The Bertz CT molecular complexity index is 682. The number of halogens is 2. The van der Waals surface area contributed by atoms with Gasteiger partial charge >= 0.3 is 0 Å². The molecule has 0 bridgehead atoms. The summed E-state index contributed by atoms with van der Waals surface area (Å²) >= 11 is 3.52. The molecule has 0 aliphatic carbocycles. The molecule has 0 aliphatic rings. The number of benzene rings is 2. The van der Waals surface area contributed by atoms with E-state index in [1.165, 1.54) is 6.07 Å². The van der Waals surface area contributed by atoms with Crippen LogP contribution >= 0.6 is 15.9 Å². The number of rotatable bonds is 10. The van der Waals surface area contributed by atoms with Crippen LogP contribution in [0.3, 0.4) is 0 Å². The van der Waals surface area contributed by atoms with Crippen LogP contribution in [0, 0.1) is 5.82 Å². The second kappa shape index (κ2) is 10.4. The lowest BCUT2D eigenvalue weighted by molar-refractivity contribution is 0.194. The molecule has 2 aromatic carbocycles. The third-order valence-electron chi connectivity index (χ3n) is 3.65. The summed E-state index contributed by atoms with van der Waals surface area (Å²) in [6.07, 6.45) is 0.957. The number of ether oxygens (including phenoxy) is 3. The van der Waals surface area contributed by atoms with Gasteiger partial charge in [-0.15, -0.1) is 0 Å². The predicted molar refractivity (Wildman–Crippen MR) is 99.6 cm³/mol. The highest BCUT2D eigenvalue weighted by Gasteiger charge is 2.13. The molecule has 0 saturated carbocycles. The molecule has 4 nitrogen and oxygen atoms in total. The number of hydrogen-bond acceptors (Lipinski definition) is 4. The summed E-state index contributed by atoms with van der Waals surface area (Å²) in [7, 11) is 3.29. The van der Waals surface area contributed by atoms with Crippen molar-refractivity contribution in [2.45, 2.75) is 19.6 Å². The maximum Gasteiger partial charge on any atom is 0.175 e. The second-order valence-corrected chi connectivity index (χ2v) is 6.37. The van der Waals surface area contributed by atoms with Crippen molar-refractivity contribution in [1.29, 1.82) is 0 Å². The Kier molecular flexibility index (Phi) is 8.18. The molecule has 6 heteroatoms. The monoisotopic (exact) mass is 411 g/mol. The summed E-state index contributed by atoms with van der Waals surface area (Å²) in [5.74, 6) is 0.891. The van der Waals surface area contributed by atoms with Crippen LogP contribution in [0.1, 0.15) is 17.5 Å². The molecule has 0 heterocycles. The van der Waals surface area contributed by atoms with Gasteiger partial charge in [-0.3, -0.25) is 0 Å². The van der Waals surface area contributed by atoms with Crippen molar-refractivity contribution >= 4 is 15.9 Å². The van der Waals surface area contributed by atoms with Gasteiger partial charge in [0.2, 0.25) is 0 Å². The molecule has 2 aromatic rings. The summed E-state index contributed by atoms with van der Waals surface area (Å²) < 4.78 is 30.8. The summed E-state index contributed by atoms with van der Waals surface area (Å²) in [5, 5.41) is 3.35. The molecule has 1 N–H and O–H groups in total. The van der Waals surface area contributed by atoms with Gasteiger partial charge in [-0.2, -0.15) is 0 Å². The van der Waals surface area contributed by atoms with E-state index in [0.717, 1.165) is 29.6 Å². The first-order valence-electron chi connectivity index (χ1n) is 8.08. The summed E-state index contributed by atoms with van der Waals surface area (Å²) in [4.78, 5) is 0. The Morgan fingerprint density at radius 1 is 1.16 bits per heavy atom. The molecule has 0 saturated heterocycles. The molecule has 0 fully saturated rings. The van der Waals surface area contributed by atoms with Gasteiger partial charge in [0.25, 0.3) is 0 Å². The highest BCUT2D eigenvalue weighted by atomic mass is 79.9. The fourth-order valence-corrected chi connectivity index (χ4v) is 2.96. The van der Waals surface area contributed by atoms with Gasteiger partial charge in [-0.1, -0.05) is 18.2 Å². The molecule has 0 unspecified atom stereocenters. The van der Waals surface area contributed by atoms with Gasteiger partial charge in [0.1, 0.15) is 12.4 Å². The molecule has 136 valence electrons. The Labute approximate surface area is 156 Å². The summed E-state index contributed by atoms with van der Waals surface area (Å²) in [6, 6.07) is 10.5. The smallest absolute Gasteiger partial charge is 0.175 e. The van der Waals surface area contributed by atoms with Gasteiger partial charge in [0.05, 0.1) is 11.6 Å². The van der Waals surface area contributed by atoms with Crippen LogP contribution in [-0.2, 0) is 17.9 Å². The van der Waals surface area contributed by atoms with Crippen LogP contribution in [0.15, 0.2) is 40.9 Å². The Morgan fingerprint density at radius 3 is 2.68 bits per heavy atom. The van der Waals surface area contributed by atoms with Gasteiger partial charge in [0, 0.05) is 25.8 Å². The average Bonchev–Trinajstić information content (AvgIpc) is 2.61. The average molecular weight is 412 g/mol. The molecular weight excluding hydrogens is 389 g/mol. The Balaban J connectivity index is 2.02. The van der Waals surface area contributed by atoms with Gasteiger partial charge in [0.15, 0.2) is 11.5 Å². The van der Waals surface area contributed by atoms with Crippen LogP contribution in [0.25, 0.3) is 0 Å². The van der Waals surface area contributed by atoms with E-state index in [1.807, 2.05) is 12.1 Å². The van der Waals surface area contributed by atoms with Crippen molar-refractivity contribution in [3.8, 4) is 11.5 Å². The molecule has 0 aromatic heterocycles. The van der Waals surface area contributed by atoms with Crippen LogP contribution in [0.4, 0.5) is 4.39 Å². The molecule has 0 spiro atoms. The number of hydrogen-bond donors (Lipinski definition) is 1. The molecule has 2 rings (SSSR count). The largest absolute Gasteiger partial charge is 0.493 e. The summed E-state index contributed by atoms with van der Waals surface area (Å²) in [5.41, 5.74) is 1.57. The lowest BCUT2D eigenvalue weighted by atomic mass is 10.2. The highest BCUT2D eigenvalue weighted by Crippen LogP contribution is 2.37. The van der Waals surface area contributed by atoms with Crippen molar-refractivity contribution in [3.63, 3.8) is 0 Å². The van der Waals surface area contributed by atoms with Gasteiger partial charge < -0.3 is 19.5 Å². The lowest BCUT2D eigenvalue weighted by Gasteiger charge is -2.15. The maximum atomic E-state index is 13.7. The molecule has 25 heavy (non-hydrogen) atoms. The van der Waals surface area contributed by atoms with Crippen molar-refractivity contribution in [3.05, 3.63) is 57.8 Å².